The van der Waals surface area contributed by atoms with Gasteiger partial charge < -0.3 is 15.1 Å². The van der Waals surface area contributed by atoms with E-state index in [9.17, 15) is 4.79 Å². The first-order chi connectivity index (χ1) is 11.2. The van der Waals surface area contributed by atoms with Crippen LogP contribution in [-0.2, 0) is 11.2 Å². The maximum absolute atomic E-state index is 12.4. The highest BCUT2D eigenvalue weighted by Crippen LogP contribution is 2.25. The zero-order chi connectivity index (χ0) is 16.2. The van der Waals surface area contributed by atoms with Gasteiger partial charge in [0.2, 0.25) is 5.91 Å². The topological polar surface area (TPSA) is 59.5 Å². The van der Waals surface area contributed by atoms with Gasteiger partial charge in [-0.1, -0.05) is 30.3 Å². The molecule has 2 atom stereocenters. The molecule has 1 aromatic carbocycles. The summed E-state index contributed by atoms with van der Waals surface area (Å²) in [6.07, 6.45) is 2.15. The second-order valence-corrected chi connectivity index (χ2v) is 6.36. The summed E-state index contributed by atoms with van der Waals surface area (Å²) in [5.41, 5.74) is 6.79. The van der Waals surface area contributed by atoms with Gasteiger partial charge in [0.05, 0.1) is 0 Å². The molecule has 0 aliphatic carbocycles. The number of furan rings is 1. The minimum atomic E-state index is 0.200. The number of rotatable bonds is 5. The molecule has 4 heteroatoms. The summed E-state index contributed by atoms with van der Waals surface area (Å²) in [5.74, 6) is 2.36. The van der Waals surface area contributed by atoms with Crippen molar-refractivity contribution in [2.24, 2.45) is 11.7 Å². The molecule has 122 valence electrons. The molecule has 2 N–H and O–H groups in total. The van der Waals surface area contributed by atoms with E-state index < -0.39 is 0 Å². The average molecular weight is 312 g/mol. The zero-order valence-corrected chi connectivity index (χ0v) is 13.6. The smallest absolute Gasteiger partial charge is 0.223 e. The summed E-state index contributed by atoms with van der Waals surface area (Å²) in [6, 6.07) is 14.2. The van der Waals surface area contributed by atoms with Gasteiger partial charge in [-0.3, -0.25) is 4.79 Å². The molecule has 0 radical (unpaired) electrons. The molecule has 4 nitrogen and oxygen atoms in total. The third kappa shape index (κ3) is 3.64. The van der Waals surface area contributed by atoms with Crippen molar-refractivity contribution < 1.29 is 9.21 Å². The van der Waals surface area contributed by atoms with Crippen LogP contribution in [0.3, 0.4) is 0 Å². The Morgan fingerprint density at radius 3 is 2.74 bits per heavy atom. The van der Waals surface area contributed by atoms with Crippen molar-refractivity contribution >= 4 is 5.91 Å². The Kier molecular flexibility index (Phi) is 4.82. The summed E-state index contributed by atoms with van der Waals surface area (Å²) < 4.78 is 5.86. The zero-order valence-electron chi connectivity index (χ0n) is 13.6. The van der Waals surface area contributed by atoms with Gasteiger partial charge in [0.1, 0.15) is 11.5 Å². The summed E-state index contributed by atoms with van der Waals surface area (Å²) >= 11 is 0. The van der Waals surface area contributed by atoms with E-state index in [1.165, 1.54) is 0 Å². The van der Waals surface area contributed by atoms with Gasteiger partial charge in [-0.2, -0.15) is 0 Å². The van der Waals surface area contributed by atoms with E-state index >= 15 is 0 Å². The second-order valence-electron chi connectivity index (χ2n) is 6.36. The Morgan fingerprint density at radius 1 is 1.26 bits per heavy atom. The number of nitrogens with zero attached hydrogens (tertiary/aromatic N) is 1. The first-order valence-electron chi connectivity index (χ1n) is 8.31. The summed E-state index contributed by atoms with van der Waals surface area (Å²) in [7, 11) is 0. The van der Waals surface area contributed by atoms with Crippen LogP contribution < -0.4 is 5.73 Å². The number of hydrogen-bond acceptors (Lipinski definition) is 3. The van der Waals surface area contributed by atoms with E-state index in [4.69, 9.17) is 10.2 Å². The highest BCUT2D eigenvalue weighted by atomic mass is 16.3. The van der Waals surface area contributed by atoms with Crippen LogP contribution in [0.4, 0.5) is 0 Å². The average Bonchev–Trinajstić information content (AvgIpc) is 3.20. The fraction of sp³-hybridized carbons (Fsp3) is 0.421. The Balaban J connectivity index is 1.57. The van der Waals surface area contributed by atoms with E-state index in [0.717, 1.165) is 30.0 Å². The first-order valence-corrected chi connectivity index (χ1v) is 8.31. The molecule has 1 saturated heterocycles. The first kappa shape index (κ1) is 15.8. The van der Waals surface area contributed by atoms with Crippen LogP contribution in [0.25, 0.3) is 11.3 Å². The maximum atomic E-state index is 12.4. The lowest BCUT2D eigenvalue weighted by atomic mass is 10.1. The third-order valence-corrected chi connectivity index (χ3v) is 4.62. The van der Waals surface area contributed by atoms with Crippen LogP contribution in [0.15, 0.2) is 46.9 Å². The van der Waals surface area contributed by atoms with Gasteiger partial charge in [-0.25, -0.2) is 0 Å². The van der Waals surface area contributed by atoms with Crippen molar-refractivity contribution in [1.82, 2.24) is 4.90 Å². The van der Waals surface area contributed by atoms with E-state index in [-0.39, 0.29) is 5.91 Å². The van der Waals surface area contributed by atoms with Crippen molar-refractivity contribution in [3.63, 3.8) is 0 Å². The Morgan fingerprint density at radius 2 is 2.04 bits per heavy atom. The number of benzene rings is 1. The fourth-order valence-corrected chi connectivity index (χ4v) is 3.30. The lowest BCUT2D eigenvalue weighted by Crippen LogP contribution is -2.34. The molecular formula is C19H24N2O2. The Hall–Kier alpha value is -2.07. The highest BCUT2D eigenvalue weighted by Gasteiger charge is 2.31. The van der Waals surface area contributed by atoms with Gasteiger partial charge in [0.15, 0.2) is 0 Å². The predicted molar refractivity (Wildman–Crippen MR) is 90.8 cm³/mol. The van der Waals surface area contributed by atoms with Crippen molar-refractivity contribution in [2.45, 2.75) is 32.2 Å². The number of likely N-dealkylation sites (tertiary alicyclic amines) is 1. The number of carbonyl (C=O) groups excluding carboxylic acids is 1. The summed E-state index contributed by atoms with van der Waals surface area (Å²) in [4.78, 5) is 14.4. The molecule has 3 rings (SSSR count). The molecular weight excluding hydrogens is 288 g/mol. The second kappa shape index (κ2) is 7.01. The van der Waals surface area contributed by atoms with E-state index in [0.29, 0.717) is 31.3 Å². The number of carbonyl (C=O) groups is 1. The predicted octanol–water partition coefficient (Wildman–Crippen LogP) is 3.07. The Bertz CT molecular complexity index is 650. The summed E-state index contributed by atoms with van der Waals surface area (Å²) in [6.45, 7) is 3.56. The Labute approximate surface area is 137 Å². The molecule has 23 heavy (non-hydrogen) atoms. The molecule has 2 unspecified atom stereocenters. The van der Waals surface area contributed by atoms with Crippen LogP contribution in [0.1, 0.15) is 25.5 Å². The van der Waals surface area contributed by atoms with Crippen molar-refractivity contribution in [3.8, 4) is 11.3 Å². The minimum Gasteiger partial charge on any atom is -0.461 e. The van der Waals surface area contributed by atoms with Gasteiger partial charge in [0.25, 0.3) is 0 Å². The van der Waals surface area contributed by atoms with Gasteiger partial charge in [-0.05, 0) is 37.9 Å². The molecule has 2 aromatic rings. The van der Waals surface area contributed by atoms with Gasteiger partial charge >= 0.3 is 0 Å². The fourth-order valence-electron chi connectivity index (χ4n) is 3.30. The van der Waals surface area contributed by atoms with E-state index in [2.05, 4.69) is 6.92 Å². The maximum Gasteiger partial charge on any atom is 0.223 e. The number of aryl methyl sites for hydroxylation is 1. The SMILES string of the molecule is CC1CC(CN)CN1C(=O)CCc1ccc(-c2ccccc2)o1. The molecule has 1 amide bonds. The molecule has 1 aliphatic heterocycles. The largest absolute Gasteiger partial charge is 0.461 e. The molecule has 1 aliphatic rings. The quantitative estimate of drug-likeness (QED) is 0.923. The van der Waals surface area contributed by atoms with Gasteiger partial charge in [-0.15, -0.1) is 0 Å². The molecule has 0 bridgehead atoms. The number of nitrogens with two attached hydrogens (primary N) is 1. The lowest BCUT2D eigenvalue weighted by Gasteiger charge is -2.21. The standard InChI is InChI=1S/C19H24N2O2/c1-14-11-15(12-20)13-21(14)19(22)10-8-17-7-9-18(23-17)16-5-3-2-4-6-16/h2-7,9,14-15H,8,10-13,20H2,1H3. The van der Waals surface area contributed by atoms with Gasteiger partial charge in [0, 0.05) is 31.0 Å². The summed E-state index contributed by atoms with van der Waals surface area (Å²) in [5, 5.41) is 0. The van der Waals surface area contributed by atoms with Crippen LogP contribution in [-0.4, -0.2) is 29.9 Å². The molecule has 0 spiro atoms. The lowest BCUT2D eigenvalue weighted by molar-refractivity contribution is -0.131. The van der Waals surface area contributed by atoms with E-state index in [1.807, 2.05) is 47.4 Å². The van der Waals surface area contributed by atoms with Crippen molar-refractivity contribution in [3.05, 3.63) is 48.2 Å². The molecule has 2 heterocycles. The van der Waals surface area contributed by atoms with E-state index in [1.54, 1.807) is 0 Å². The monoisotopic (exact) mass is 312 g/mol. The molecule has 1 fully saturated rings. The van der Waals surface area contributed by atoms with Crippen LogP contribution in [0.2, 0.25) is 0 Å². The van der Waals surface area contributed by atoms with Crippen LogP contribution >= 0.6 is 0 Å². The normalized spacial score (nSPS) is 20.9. The van der Waals surface area contributed by atoms with Crippen LogP contribution in [0.5, 0.6) is 0 Å². The van der Waals surface area contributed by atoms with Crippen LogP contribution in [0, 0.1) is 5.92 Å². The van der Waals surface area contributed by atoms with Crippen molar-refractivity contribution in [1.29, 1.82) is 0 Å². The molecule has 0 saturated carbocycles. The molecule has 1 aromatic heterocycles. The highest BCUT2D eigenvalue weighted by molar-refractivity contribution is 5.77. The number of hydrogen-bond donors (Lipinski definition) is 1. The third-order valence-electron chi connectivity index (χ3n) is 4.62. The van der Waals surface area contributed by atoms with Crippen molar-refractivity contribution in [2.75, 3.05) is 13.1 Å². The number of amides is 1. The minimum absolute atomic E-state index is 0.200.